The number of hydrogen-bond donors (Lipinski definition) is 1. The standard InChI is InChI=1S/C19H18N2O3S3/c22-19(21(17-7-8-17)12-14-9-11-25-13-14)15-3-5-16(6-4-15)20-27(23,24)18-2-1-10-26-18/h1-6,9-11,13,17,20H,7-8,12H2. The van der Waals surface area contributed by atoms with Gasteiger partial charge in [0.05, 0.1) is 0 Å². The molecular formula is C19H18N2O3S3. The Morgan fingerprint density at radius 1 is 1.11 bits per heavy atom. The van der Waals surface area contributed by atoms with Crippen LogP contribution in [0.3, 0.4) is 0 Å². The molecule has 1 fully saturated rings. The molecule has 0 spiro atoms. The highest BCUT2D eigenvalue weighted by atomic mass is 32.2. The van der Waals surface area contributed by atoms with Gasteiger partial charge in [0.1, 0.15) is 4.21 Å². The smallest absolute Gasteiger partial charge is 0.271 e. The molecule has 0 saturated heterocycles. The first-order valence-electron chi connectivity index (χ1n) is 8.51. The Kier molecular flexibility index (Phi) is 5.03. The number of anilines is 1. The van der Waals surface area contributed by atoms with Gasteiger partial charge in [0.2, 0.25) is 0 Å². The predicted octanol–water partition coefficient (Wildman–Crippen LogP) is 4.42. The van der Waals surface area contributed by atoms with Crippen molar-refractivity contribution in [1.82, 2.24) is 4.90 Å². The molecule has 2 aromatic heterocycles. The van der Waals surface area contributed by atoms with Gasteiger partial charge in [0, 0.05) is 23.8 Å². The first-order valence-corrected chi connectivity index (χ1v) is 11.8. The maximum atomic E-state index is 12.9. The Bertz CT molecular complexity index is 1010. The molecule has 0 radical (unpaired) electrons. The third-order valence-electron chi connectivity index (χ3n) is 4.33. The van der Waals surface area contributed by atoms with E-state index in [1.807, 2.05) is 16.3 Å². The Morgan fingerprint density at radius 2 is 1.89 bits per heavy atom. The lowest BCUT2D eigenvalue weighted by Gasteiger charge is -2.22. The highest BCUT2D eigenvalue weighted by Crippen LogP contribution is 2.30. The van der Waals surface area contributed by atoms with Gasteiger partial charge in [-0.05, 0) is 70.9 Å². The molecule has 1 saturated carbocycles. The zero-order chi connectivity index (χ0) is 18.9. The monoisotopic (exact) mass is 418 g/mol. The average molecular weight is 419 g/mol. The molecule has 5 nitrogen and oxygen atoms in total. The van der Waals surface area contributed by atoms with E-state index in [2.05, 4.69) is 10.1 Å². The van der Waals surface area contributed by atoms with Crippen LogP contribution in [-0.2, 0) is 16.6 Å². The van der Waals surface area contributed by atoms with Crippen LogP contribution in [0.15, 0.2) is 62.8 Å². The average Bonchev–Trinajstić information content (AvgIpc) is 3.13. The van der Waals surface area contributed by atoms with Gasteiger partial charge < -0.3 is 4.90 Å². The molecule has 1 amide bonds. The number of amides is 1. The molecule has 3 aromatic rings. The van der Waals surface area contributed by atoms with E-state index in [1.165, 1.54) is 0 Å². The minimum atomic E-state index is -3.58. The number of sulfonamides is 1. The van der Waals surface area contributed by atoms with Crippen LogP contribution in [-0.4, -0.2) is 25.3 Å². The lowest BCUT2D eigenvalue weighted by atomic mass is 10.1. The van der Waals surface area contributed by atoms with Crippen LogP contribution in [0.1, 0.15) is 28.8 Å². The minimum Gasteiger partial charge on any atom is -0.331 e. The van der Waals surface area contributed by atoms with E-state index < -0.39 is 10.0 Å². The van der Waals surface area contributed by atoms with Gasteiger partial charge in [-0.3, -0.25) is 9.52 Å². The quantitative estimate of drug-likeness (QED) is 0.618. The molecule has 2 heterocycles. The molecule has 8 heteroatoms. The number of nitrogens with zero attached hydrogens (tertiary/aromatic N) is 1. The summed E-state index contributed by atoms with van der Waals surface area (Å²) in [5.41, 5.74) is 2.15. The van der Waals surface area contributed by atoms with Gasteiger partial charge in [-0.15, -0.1) is 11.3 Å². The Balaban J connectivity index is 1.48. The van der Waals surface area contributed by atoms with Crippen molar-refractivity contribution in [2.75, 3.05) is 4.72 Å². The van der Waals surface area contributed by atoms with Crippen LogP contribution in [0.4, 0.5) is 5.69 Å². The van der Waals surface area contributed by atoms with Crippen LogP contribution in [0.2, 0.25) is 0 Å². The first kappa shape index (κ1) is 18.2. The third kappa shape index (κ3) is 4.23. The zero-order valence-corrected chi connectivity index (χ0v) is 16.8. The van der Waals surface area contributed by atoms with E-state index >= 15 is 0 Å². The molecule has 0 bridgehead atoms. The summed E-state index contributed by atoms with van der Waals surface area (Å²) >= 11 is 2.79. The molecule has 140 valence electrons. The van der Waals surface area contributed by atoms with Crippen molar-refractivity contribution in [2.24, 2.45) is 0 Å². The molecule has 1 aliphatic rings. The van der Waals surface area contributed by atoms with E-state index in [0.717, 1.165) is 29.7 Å². The highest BCUT2D eigenvalue weighted by Gasteiger charge is 2.33. The maximum absolute atomic E-state index is 12.9. The van der Waals surface area contributed by atoms with Gasteiger partial charge in [-0.1, -0.05) is 6.07 Å². The van der Waals surface area contributed by atoms with Crippen molar-refractivity contribution in [3.8, 4) is 0 Å². The van der Waals surface area contributed by atoms with Crippen LogP contribution in [0.5, 0.6) is 0 Å². The molecule has 27 heavy (non-hydrogen) atoms. The van der Waals surface area contributed by atoms with E-state index in [9.17, 15) is 13.2 Å². The van der Waals surface area contributed by atoms with Gasteiger partial charge in [0.25, 0.3) is 15.9 Å². The number of carbonyl (C=O) groups is 1. The third-order valence-corrected chi connectivity index (χ3v) is 7.84. The molecule has 4 rings (SSSR count). The van der Waals surface area contributed by atoms with Crippen LogP contribution in [0, 0.1) is 0 Å². The SMILES string of the molecule is O=C(c1ccc(NS(=O)(=O)c2cccs2)cc1)N(Cc1ccsc1)C1CC1. The summed E-state index contributed by atoms with van der Waals surface area (Å²) in [7, 11) is -3.58. The first-order chi connectivity index (χ1) is 13.0. The molecule has 1 aliphatic carbocycles. The fourth-order valence-electron chi connectivity index (χ4n) is 2.80. The summed E-state index contributed by atoms with van der Waals surface area (Å²) in [6.07, 6.45) is 2.07. The topological polar surface area (TPSA) is 66.5 Å². The van der Waals surface area contributed by atoms with E-state index in [4.69, 9.17) is 0 Å². The molecule has 0 atom stereocenters. The lowest BCUT2D eigenvalue weighted by Crippen LogP contribution is -2.32. The van der Waals surface area contributed by atoms with Crippen LogP contribution in [0.25, 0.3) is 0 Å². The van der Waals surface area contributed by atoms with Crippen LogP contribution >= 0.6 is 22.7 Å². The highest BCUT2D eigenvalue weighted by molar-refractivity contribution is 7.94. The van der Waals surface area contributed by atoms with Crippen LogP contribution < -0.4 is 4.72 Å². The second kappa shape index (κ2) is 7.46. The number of hydrogen-bond acceptors (Lipinski definition) is 5. The van der Waals surface area contributed by atoms with E-state index in [1.54, 1.807) is 53.1 Å². The minimum absolute atomic E-state index is 0.0173. The maximum Gasteiger partial charge on any atom is 0.271 e. The molecular weight excluding hydrogens is 400 g/mol. The second-order valence-electron chi connectivity index (χ2n) is 6.41. The number of rotatable bonds is 7. The Labute approximate surface area is 166 Å². The molecule has 0 aliphatic heterocycles. The van der Waals surface area contributed by atoms with Gasteiger partial charge in [-0.25, -0.2) is 8.42 Å². The summed E-state index contributed by atoms with van der Waals surface area (Å²) in [6, 6.07) is 12.2. The fourth-order valence-corrected chi connectivity index (χ4v) is 5.51. The fraction of sp³-hybridized carbons (Fsp3) is 0.211. The van der Waals surface area contributed by atoms with Gasteiger partial charge in [-0.2, -0.15) is 11.3 Å². The van der Waals surface area contributed by atoms with Crippen molar-refractivity contribution in [1.29, 1.82) is 0 Å². The zero-order valence-electron chi connectivity index (χ0n) is 14.4. The normalized spacial score (nSPS) is 14.1. The Morgan fingerprint density at radius 3 is 2.48 bits per heavy atom. The van der Waals surface area contributed by atoms with Crippen molar-refractivity contribution < 1.29 is 13.2 Å². The summed E-state index contributed by atoms with van der Waals surface area (Å²) in [5.74, 6) is -0.0173. The number of carbonyl (C=O) groups excluding carboxylic acids is 1. The summed E-state index contributed by atoms with van der Waals surface area (Å²) in [4.78, 5) is 14.8. The summed E-state index contributed by atoms with van der Waals surface area (Å²) in [6.45, 7) is 0.611. The Hall–Kier alpha value is -2.16. The van der Waals surface area contributed by atoms with E-state index in [0.29, 0.717) is 23.8 Å². The second-order valence-corrected chi connectivity index (χ2v) is 10.0. The lowest BCUT2D eigenvalue weighted by molar-refractivity contribution is 0.0730. The number of nitrogens with one attached hydrogen (secondary N) is 1. The van der Waals surface area contributed by atoms with Crippen molar-refractivity contribution in [3.63, 3.8) is 0 Å². The van der Waals surface area contributed by atoms with Crippen molar-refractivity contribution in [3.05, 3.63) is 69.7 Å². The molecule has 1 N–H and O–H groups in total. The summed E-state index contributed by atoms with van der Waals surface area (Å²) in [5, 5.41) is 5.79. The summed E-state index contributed by atoms with van der Waals surface area (Å²) < 4.78 is 27.4. The van der Waals surface area contributed by atoms with E-state index in [-0.39, 0.29) is 10.1 Å². The van der Waals surface area contributed by atoms with Crippen molar-refractivity contribution in [2.45, 2.75) is 29.6 Å². The van der Waals surface area contributed by atoms with Crippen molar-refractivity contribution >= 4 is 44.3 Å². The largest absolute Gasteiger partial charge is 0.331 e. The molecule has 1 aromatic carbocycles. The molecule has 0 unspecified atom stereocenters. The van der Waals surface area contributed by atoms with Gasteiger partial charge in [0.15, 0.2) is 0 Å². The van der Waals surface area contributed by atoms with Gasteiger partial charge >= 0.3 is 0 Å². The predicted molar refractivity (Wildman–Crippen MR) is 109 cm³/mol. The number of benzene rings is 1. The number of thiophene rings is 2.